The van der Waals surface area contributed by atoms with Crippen LogP contribution in [-0.2, 0) is 17.2 Å². The van der Waals surface area contributed by atoms with E-state index in [9.17, 15) is 4.21 Å². The van der Waals surface area contributed by atoms with Gasteiger partial charge in [-0.1, -0.05) is 25.5 Å². The standard InChI is InChI=1S/C21H35N3O2S.HI/c1-4-22-21(24-18-10-8-12-20(16-18)27(25)6-3)23-14-13-17-9-7-11-19(15-17)26-5-2;/h7,9,11,15,18,20H,4-6,8,10,12-14,16H2,1-3H3,(H2,22,23,24);1H. The second-order valence-electron chi connectivity index (χ2n) is 6.89. The highest BCUT2D eigenvalue weighted by Crippen LogP contribution is 2.23. The highest BCUT2D eigenvalue weighted by Gasteiger charge is 2.25. The molecule has 160 valence electrons. The predicted molar refractivity (Wildman–Crippen MR) is 131 cm³/mol. The third-order valence-corrected chi connectivity index (χ3v) is 6.59. The number of hydrogen-bond acceptors (Lipinski definition) is 3. The van der Waals surface area contributed by atoms with Crippen molar-refractivity contribution in [1.82, 2.24) is 10.6 Å². The Morgan fingerprint density at radius 3 is 2.82 bits per heavy atom. The SMILES string of the molecule is CCNC(=NCCc1cccc(OCC)c1)NC1CCCC(S(=O)CC)C1.I. The molecule has 1 fully saturated rings. The first kappa shape index (κ1) is 25.2. The minimum absolute atomic E-state index is 0. The maximum atomic E-state index is 12.2. The molecule has 0 aromatic heterocycles. The van der Waals surface area contributed by atoms with Crippen LogP contribution >= 0.6 is 24.0 Å². The van der Waals surface area contributed by atoms with Gasteiger partial charge < -0.3 is 15.4 Å². The highest BCUT2D eigenvalue weighted by molar-refractivity contribution is 14.0. The molecule has 0 spiro atoms. The maximum Gasteiger partial charge on any atom is 0.191 e. The van der Waals surface area contributed by atoms with Crippen molar-refractivity contribution in [2.24, 2.45) is 4.99 Å². The van der Waals surface area contributed by atoms with E-state index in [0.29, 0.717) is 17.9 Å². The molecule has 0 bridgehead atoms. The Morgan fingerprint density at radius 2 is 2.11 bits per heavy atom. The van der Waals surface area contributed by atoms with Crippen LogP contribution in [0.15, 0.2) is 29.3 Å². The van der Waals surface area contributed by atoms with Gasteiger partial charge in [0.05, 0.1) is 6.61 Å². The van der Waals surface area contributed by atoms with E-state index in [4.69, 9.17) is 9.73 Å². The Labute approximate surface area is 190 Å². The Morgan fingerprint density at radius 1 is 1.29 bits per heavy atom. The third-order valence-electron chi connectivity index (χ3n) is 4.85. The van der Waals surface area contributed by atoms with Gasteiger partial charge in [-0.05, 0) is 57.2 Å². The Bertz CT molecular complexity index is 627. The number of nitrogens with one attached hydrogen (secondary N) is 2. The number of benzene rings is 1. The molecule has 1 saturated carbocycles. The molecule has 1 aliphatic carbocycles. The van der Waals surface area contributed by atoms with Gasteiger partial charge >= 0.3 is 0 Å². The number of aliphatic imine (C=N–C) groups is 1. The minimum atomic E-state index is -0.699. The van der Waals surface area contributed by atoms with E-state index in [2.05, 4.69) is 29.7 Å². The van der Waals surface area contributed by atoms with Crippen molar-refractivity contribution >= 4 is 40.7 Å². The van der Waals surface area contributed by atoms with Gasteiger partial charge in [-0.15, -0.1) is 24.0 Å². The van der Waals surface area contributed by atoms with Gasteiger partial charge in [0, 0.05) is 40.9 Å². The fourth-order valence-corrected chi connectivity index (χ4v) is 4.87. The number of rotatable bonds is 9. The molecule has 0 amide bonds. The first-order valence-electron chi connectivity index (χ1n) is 10.3. The highest BCUT2D eigenvalue weighted by atomic mass is 127. The van der Waals surface area contributed by atoms with E-state index >= 15 is 0 Å². The molecule has 0 heterocycles. The van der Waals surface area contributed by atoms with E-state index in [1.807, 2.05) is 26.0 Å². The lowest BCUT2D eigenvalue weighted by atomic mass is 9.95. The van der Waals surface area contributed by atoms with Crippen molar-refractivity contribution in [2.75, 3.05) is 25.4 Å². The molecule has 2 rings (SSSR count). The molecular weight excluding hydrogens is 485 g/mol. The van der Waals surface area contributed by atoms with Gasteiger partial charge in [0.25, 0.3) is 0 Å². The van der Waals surface area contributed by atoms with Crippen LogP contribution in [0.3, 0.4) is 0 Å². The second kappa shape index (κ2) is 14.2. The first-order valence-corrected chi connectivity index (χ1v) is 11.7. The molecule has 28 heavy (non-hydrogen) atoms. The molecule has 0 aliphatic heterocycles. The van der Waals surface area contributed by atoms with E-state index in [-0.39, 0.29) is 24.0 Å². The number of ether oxygens (including phenoxy) is 1. The fourth-order valence-electron chi connectivity index (χ4n) is 3.52. The second-order valence-corrected chi connectivity index (χ2v) is 8.90. The molecule has 3 atom stereocenters. The van der Waals surface area contributed by atoms with Gasteiger partial charge in [-0.3, -0.25) is 9.20 Å². The van der Waals surface area contributed by atoms with Gasteiger partial charge in [-0.25, -0.2) is 0 Å². The van der Waals surface area contributed by atoms with E-state index < -0.39 is 10.8 Å². The summed E-state index contributed by atoms with van der Waals surface area (Å²) in [7, 11) is -0.699. The van der Waals surface area contributed by atoms with Crippen molar-refractivity contribution in [3.63, 3.8) is 0 Å². The van der Waals surface area contributed by atoms with Crippen LogP contribution in [0.2, 0.25) is 0 Å². The van der Waals surface area contributed by atoms with Crippen LogP contribution in [-0.4, -0.2) is 46.9 Å². The summed E-state index contributed by atoms with van der Waals surface area (Å²) in [5, 5.41) is 7.23. The van der Waals surface area contributed by atoms with Crippen LogP contribution < -0.4 is 15.4 Å². The molecule has 3 unspecified atom stereocenters. The van der Waals surface area contributed by atoms with Gasteiger partial charge in [-0.2, -0.15) is 0 Å². The summed E-state index contributed by atoms with van der Waals surface area (Å²) < 4.78 is 17.7. The summed E-state index contributed by atoms with van der Waals surface area (Å²) in [5.41, 5.74) is 1.23. The zero-order valence-electron chi connectivity index (χ0n) is 17.4. The van der Waals surface area contributed by atoms with E-state index in [0.717, 1.165) is 62.7 Å². The third kappa shape index (κ3) is 8.68. The van der Waals surface area contributed by atoms with Crippen molar-refractivity contribution < 1.29 is 8.95 Å². The monoisotopic (exact) mass is 521 g/mol. The lowest BCUT2D eigenvalue weighted by Crippen LogP contribution is -2.46. The van der Waals surface area contributed by atoms with Crippen LogP contribution in [0.4, 0.5) is 0 Å². The summed E-state index contributed by atoms with van der Waals surface area (Å²) in [4.78, 5) is 4.75. The van der Waals surface area contributed by atoms with Gasteiger partial charge in [0.15, 0.2) is 5.96 Å². The predicted octanol–water partition coefficient (Wildman–Crippen LogP) is 3.88. The van der Waals surface area contributed by atoms with Gasteiger partial charge in [0.2, 0.25) is 0 Å². The topological polar surface area (TPSA) is 62.7 Å². The van der Waals surface area contributed by atoms with Gasteiger partial charge in [0.1, 0.15) is 5.75 Å². The molecule has 7 heteroatoms. The quantitative estimate of drug-likeness (QED) is 0.294. The summed E-state index contributed by atoms with van der Waals surface area (Å²) in [6, 6.07) is 8.58. The molecule has 5 nitrogen and oxygen atoms in total. The van der Waals surface area contributed by atoms with E-state index in [1.165, 1.54) is 5.56 Å². The molecule has 2 N–H and O–H groups in total. The summed E-state index contributed by atoms with van der Waals surface area (Å²) in [6.07, 6.45) is 5.20. The van der Waals surface area contributed by atoms with Crippen molar-refractivity contribution in [3.05, 3.63) is 29.8 Å². The largest absolute Gasteiger partial charge is 0.494 e. The Hall–Kier alpha value is -0.830. The van der Waals surface area contributed by atoms with Crippen LogP contribution in [0.25, 0.3) is 0 Å². The Balaban J connectivity index is 0.00000392. The summed E-state index contributed by atoms with van der Waals surface area (Å²) in [6.45, 7) is 8.33. The van der Waals surface area contributed by atoms with Crippen LogP contribution in [0.5, 0.6) is 5.75 Å². The zero-order valence-corrected chi connectivity index (χ0v) is 20.6. The van der Waals surface area contributed by atoms with E-state index in [1.54, 1.807) is 0 Å². The number of nitrogens with zero attached hydrogens (tertiary/aromatic N) is 1. The number of guanidine groups is 1. The molecular formula is C21H36IN3O2S. The lowest BCUT2D eigenvalue weighted by molar-refractivity contribution is 0.340. The number of hydrogen-bond donors (Lipinski definition) is 2. The Kier molecular flexibility index (Phi) is 12.8. The molecule has 1 aliphatic rings. The van der Waals surface area contributed by atoms with Crippen molar-refractivity contribution in [3.8, 4) is 5.75 Å². The molecule has 1 aromatic rings. The average Bonchev–Trinajstić information content (AvgIpc) is 2.68. The summed E-state index contributed by atoms with van der Waals surface area (Å²) in [5.74, 6) is 2.54. The maximum absolute atomic E-state index is 12.2. The van der Waals surface area contributed by atoms with Crippen LogP contribution in [0, 0.1) is 0 Å². The molecule has 0 saturated heterocycles. The van der Waals surface area contributed by atoms with Crippen LogP contribution in [0.1, 0.15) is 52.0 Å². The molecule has 1 aromatic carbocycles. The average molecular weight is 522 g/mol. The fraction of sp³-hybridized carbons (Fsp3) is 0.667. The minimum Gasteiger partial charge on any atom is -0.494 e. The summed E-state index contributed by atoms with van der Waals surface area (Å²) >= 11 is 0. The number of halogens is 1. The smallest absolute Gasteiger partial charge is 0.191 e. The van der Waals surface area contributed by atoms with Crippen molar-refractivity contribution in [1.29, 1.82) is 0 Å². The van der Waals surface area contributed by atoms with Crippen molar-refractivity contribution in [2.45, 2.75) is 64.2 Å². The lowest BCUT2D eigenvalue weighted by Gasteiger charge is -2.30. The normalized spacial score (nSPS) is 20.8. The first-order chi connectivity index (χ1) is 13.2. The molecule has 0 radical (unpaired) electrons. The zero-order chi connectivity index (χ0) is 19.5.